The first kappa shape index (κ1) is 11.4. The molecule has 16 heavy (non-hydrogen) atoms. The summed E-state index contributed by atoms with van der Waals surface area (Å²) < 4.78 is 0. The maximum atomic E-state index is 9.65. The summed E-state index contributed by atoms with van der Waals surface area (Å²) in [5, 5.41) is 9.65. The van der Waals surface area contributed by atoms with E-state index in [4.69, 9.17) is 5.73 Å². The standard InChI is InChI=1S/C13H20N2O/c1-2-11(16)9-15-7-6-12-10(8-15)4-3-5-13(12)14/h3-5,11,16H,2,6-9,14H2,1H3. The molecule has 1 aliphatic heterocycles. The second-order valence-corrected chi connectivity index (χ2v) is 4.53. The molecule has 1 atom stereocenters. The molecule has 0 fully saturated rings. The summed E-state index contributed by atoms with van der Waals surface area (Å²) in [6.45, 7) is 4.70. The van der Waals surface area contributed by atoms with Gasteiger partial charge < -0.3 is 10.8 Å². The first-order valence-corrected chi connectivity index (χ1v) is 5.97. The van der Waals surface area contributed by atoms with Gasteiger partial charge >= 0.3 is 0 Å². The van der Waals surface area contributed by atoms with Crippen molar-refractivity contribution in [1.82, 2.24) is 4.90 Å². The lowest BCUT2D eigenvalue weighted by molar-refractivity contribution is 0.102. The van der Waals surface area contributed by atoms with Gasteiger partial charge in [0.1, 0.15) is 0 Å². The molecule has 3 nitrogen and oxygen atoms in total. The van der Waals surface area contributed by atoms with E-state index in [1.54, 1.807) is 0 Å². The average Bonchev–Trinajstić information content (AvgIpc) is 2.29. The second-order valence-electron chi connectivity index (χ2n) is 4.53. The Labute approximate surface area is 96.9 Å². The van der Waals surface area contributed by atoms with Gasteiger partial charge in [0, 0.05) is 25.3 Å². The lowest BCUT2D eigenvalue weighted by Gasteiger charge is -2.30. The molecule has 0 saturated carbocycles. The molecule has 1 aromatic carbocycles. The van der Waals surface area contributed by atoms with Crippen molar-refractivity contribution in [2.45, 2.75) is 32.4 Å². The molecule has 0 spiro atoms. The minimum absolute atomic E-state index is 0.206. The fraction of sp³-hybridized carbons (Fsp3) is 0.538. The van der Waals surface area contributed by atoms with Gasteiger partial charge in [-0.1, -0.05) is 19.1 Å². The Morgan fingerprint density at radius 3 is 3.06 bits per heavy atom. The van der Waals surface area contributed by atoms with Crippen molar-refractivity contribution >= 4 is 5.69 Å². The largest absolute Gasteiger partial charge is 0.398 e. The Kier molecular flexibility index (Phi) is 3.46. The van der Waals surface area contributed by atoms with Gasteiger partial charge in [-0.2, -0.15) is 0 Å². The van der Waals surface area contributed by atoms with Gasteiger partial charge in [-0.25, -0.2) is 0 Å². The minimum Gasteiger partial charge on any atom is -0.398 e. The third-order valence-electron chi connectivity index (χ3n) is 3.32. The smallest absolute Gasteiger partial charge is 0.0664 e. The van der Waals surface area contributed by atoms with Gasteiger partial charge in [-0.05, 0) is 30.0 Å². The molecule has 1 unspecified atom stereocenters. The van der Waals surface area contributed by atoms with Crippen molar-refractivity contribution in [3.63, 3.8) is 0 Å². The van der Waals surface area contributed by atoms with E-state index in [9.17, 15) is 5.11 Å². The molecule has 0 aliphatic carbocycles. The van der Waals surface area contributed by atoms with Crippen molar-refractivity contribution in [2.75, 3.05) is 18.8 Å². The Bertz CT molecular complexity index is 365. The molecule has 1 aliphatic rings. The van der Waals surface area contributed by atoms with Crippen LogP contribution in [0.4, 0.5) is 5.69 Å². The minimum atomic E-state index is -0.206. The number of benzene rings is 1. The molecule has 2 rings (SSSR count). The van der Waals surface area contributed by atoms with E-state index in [0.29, 0.717) is 0 Å². The van der Waals surface area contributed by atoms with Crippen LogP contribution in [0.3, 0.4) is 0 Å². The van der Waals surface area contributed by atoms with E-state index in [0.717, 1.165) is 38.2 Å². The van der Waals surface area contributed by atoms with Crippen LogP contribution in [0, 0.1) is 0 Å². The normalized spacial score (nSPS) is 18.1. The number of nitrogens with two attached hydrogens (primary N) is 1. The molecule has 3 N–H and O–H groups in total. The lowest BCUT2D eigenvalue weighted by atomic mass is 9.98. The van der Waals surface area contributed by atoms with Crippen LogP contribution < -0.4 is 5.73 Å². The van der Waals surface area contributed by atoms with Gasteiger partial charge in [-0.3, -0.25) is 4.90 Å². The molecule has 1 aromatic rings. The van der Waals surface area contributed by atoms with E-state index in [-0.39, 0.29) is 6.10 Å². The van der Waals surface area contributed by atoms with E-state index >= 15 is 0 Å². The van der Waals surface area contributed by atoms with Crippen LogP contribution in [-0.4, -0.2) is 29.2 Å². The van der Waals surface area contributed by atoms with Gasteiger partial charge in [0.2, 0.25) is 0 Å². The predicted molar refractivity (Wildman–Crippen MR) is 66.1 cm³/mol. The predicted octanol–water partition coefficient (Wildman–Crippen LogP) is 1.40. The third-order valence-corrected chi connectivity index (χ3v) is 3.32. The first-order chi connectivity index (χ1) is 7.70. The van der Waals surface area contributed by atoms with Crippen LogP contribution >= 0.6 is 0 Å². The van der Waals surface area contributed by atoms with Crippen LogP contribution in [0.25, 0.3) is 0 Å². The van der Waals surface area contributed by atoms with E-state index in [2.05, 4.69) is 11.0 Å². The van der Waals surface area contributed by atoms with Crippen molar-refractivity contribution in [3.05, 3.63) is 29.3 Å². The number of hydrogen-bond acceptors (Lipinski definition) is 3. The Morgan fingerprint density at radius 2 is 2.31 bits per heavy atom. The van der Waals surface area contributed by atoms with Crippen LogP contribution in [0.2, 0.25) is 0 Å². The number of hydrogen-bond donors (Lipinski definition) is 2. The van der Waals surface area contributed by atoms with Crippen molar-refractivity contribution in [3.8, 4) is 0 Å². The highest BCUT2D eigenvalue weighted by molar-refractivity contribution is 5.51. The average molecular weight is 220 g/mol. The maximum Gasteiger partial charge on any atom is 0.0664 e. The number of aliphatic hydroxyl groups excluding tert-OH is 1. The molecule has 0 amide bonds. The summed E-state index contributed by atoms with van der Waals surface area (Å²) in [6.07, 6.45) is 1.61. The molecule has 1 heterocycles. The molecule has 3 heteroatoms. The molecule has 0 saturated heterocycles. The molecular weight excluding hydrogens is 200 g/mol. The highest BCUT2D eigenvalue weighted by Crippen LogP contribution is 2.24. The maximum absolute atomic E-state index is 9.65. The zero-order chi connectivity index (χ0) is 11.5. The van der Waals surface area contributed by atoms with Gasteiger partial charge in [-0.15, -0.1) is 0 Å². The number of β-amino-alcohol motifs (C(OH)–C–C–N with tert-alkyl or cyclic N) is 1. The lowest BCUT2D eigenvalue weighted by Crippen LogP contribution is -2.36. The van der Waals surface area contributed by atoms with Crippen molar-refractivity contribution in [1.29, 1.82) is 0 Å². The fourth-order valence-corrected chi connectivity index (χ4v) is 2.28. The summed E-state index contributed by atoms with van der Waals surface area (Å²) in [6, 6.07) is 6.11. The zero-order valence-corrected chi connectivity index (χ0v) is 9.82. The van der Waals surface area contributed by atoms with Crippen LogP contribution in [-0.2, 0) is 13.0 Å². The summed E-state index contributed by atoms with van der Waals surface area (Å²) in [4.78, 5) is 2.30. The number of rotatable bonds is 3. The summed E-state index contributed by atoms with van der Waals surface area (Å²) in [5.74, 6) is 0. The monoisotopic (exact) mass is 220 g/mol. The summed E-state index contributed by atoms with van der Waals surface area (Å²) in [7, 11) is 0. The Hall–Kier alpha value is -1.06. The third kappa shape index (κ3) is 2.36. The number of nitrogen functional groups attached to an aromatic ring is 1. The highest BCUT2D eigenvalue weighted by Gasteiger charge is 2.19. The second kappa shape index (κ2) is 4.85. The van der Waals surface area contributed by atoms with Gasteiger partial charge in [0.05, 0.1) is 6.10 Å². The van der Waals surface area contributed by atoms with Crippen LogP contribution in [0.5, 0.6) is 0 Å². The fourth-order valence-electron chi connectivity index (χ4n) is 2.28. The summed E-state index contributed by atoms with van der Waals surface area (Å²) >= 11 is 0. The van der Waals surface area contributed by atoms with Gasteiger partial charge in [0.15, 0.2) is 0 Å². The van der Waals surface area contributed by atoms with E-state index < -0.39 is 0 Å². The first-order valence-electron chi connectivity index (χ1n) is 5.97. The Balaban J connectivity index is 2.06. The molecule has 0 radical (unpaired) electrons. The number of anilines is 1. The molecule has 88 valence electrons. The van der Waals surface area contributed by atoms with Gasteiger partial charge in [0.25, 0.3) is 0 Å². The number of fused-ring (bicyclic) bond motifs is 1. The molecule has 0 bridgehead atoms. The molecular formula is C13H20N2O. The highest BCUT2D eigenvalue weighted by atomic mass is 16.3. The van der Waals surface area contributed by atoms with Crippen molar-refractivity contribution < 1.29 is 5.11 Å². The van der Waals surface area contributed by atoms with Crippen molar-refractivity contribution in [2.24, 2.45) is 0 Å². The zero-order valence-electron chi connectivity index (χ0n) is 9.82. The molecule has 0 aromatic heterocycles. The topological polar surface area (TPSA) is 49.5 Å². The van der Waals surface area contributed by atoms with Crippen LogP contribution in [0.1, 0.15) is 24.5 Å². The Morgan fingerprint density at radius 1 is 1.50 bits per heavy atom. The number of nitrogens with zero attached hydrogens (tertiary/aromatic N) is 1. The summed E-state index contributed by atoms with van der Waals surface area (Å²) in [5.41, 5.74) is 9.47. The van der Waals surface area contributed by atoms with E-state index in [1.807, 2.05) is 19.1 Å². The number of aliphatic hydroxyl groups is 1. The van der Waals surface area contributed by atoms with Crippen LogP contribution in [0.15, 0.2) is 18.2 Å². The van der Waals surface area contributed by atoms with E-state index in [1.165, 1.54) is 11.1 Å². The quantitative estimate of drug-likeness (QED) is 0.757. The SMILES string of the molecule is CCC(O)CN1CCc2c(N)cccc2C1.